The molecule has 0 bridgehead atoms. The highest BCUT2D eigenvalue weighted by molar-refractivity contribution is 6.04. The number of hydrogen-bond acceptors (Lipinski definition) is 11. The normalized spacial score (nSPS) is 38.3. The fourth-order valence-corrected chi connectivity index (χ4v) is 10.9. The van der Waals surface area contributed by atoms with Crippen LogP contribution in [0, 0.1) is 34.3 Å². The molecule has 0 aromatic heterocycles. The molecule has 0 aromatic carbocycles. The molecule has 0 spiro atoms. The van der Waals surface area contributed by atoms with Crippen molar-refractivity contribution in [3.63, 3.8) is 0 Å². The molecule has 53 heavy (non-hydrogen) atoms. The van der Waals surface area contributed by atoms with Gasteiger partial charge in [0, 0.05) is 54.4 Å². The number of ether oxygens (including phenoxy) is 3. The second-order valence-electron chi connectivity index (χ2n) is 18.2. The third kappa shape index (κ3) is 7.09. The molecule has 1 heterocycles. The molecule has 9 atom stereocenters. The van der Waals surface area contributed by atoms with Crippen molar-refractivity contribution >= 4 is 17.7 Å². The molecule has 300 valence electrons. The summed E-state index contributed by atoms with van der Waals surface area (Å²) in [5.74, 6) is -4.68. The number of carbonyl (C=O) groups is 3. The number of aliphatic hydroxyl groups is 3. The first-order chi connectivity index (χ1) is 24.8. The molecule has 0 amide bonds. The Morgan fingerprint density at radius 1 is 0.981 bits per heavy atom. The van der Waals surface area contributed by atoms with Crippen LogP contribution < -0.4 is 0 Å². The number of rotatable bonds is 17. The van der Waals surface area contributed by atoms with E-state index in [2.05, 4.69) is 6.92 Å². The van der Waals surface area contributed by atoms with E-state index >= 15 is 0 Å². The smallest absolute Gasteiger partial charge is 0.306 e. The summed E-state index contributed by atoms with van der Waals surface area (Å²) in [5.41, 5.74) is -6.47. The minimum absolute atomic E-state index is 0.0873. The molecular weight excluding hydrogens is 678 g/mol. The van der Waals surface area contributed by atoms with Crippen LogP contribution in [0.2, 0.25) is 0 Å². The first kappa shape index (κ1) is 42.0. The maximum absolute atomic E-state index is 13.7. The van der Waals surface area contributed by atoms with Crippen LogP contribution in [0.25, 0.3) is 0 Å². The molecule has 5 rings (SSSR count). The molecule has 11 heteroatoms. The number of Topliss-reactive ketones (excluding diaryl/α,β-unsaturated/α-hetero) is 1. The lowest BCUT2D eigenvalue weighted by Crippen LogP contribution is -2.66. The summed E-state index contributed by atoms with van der Waals surface area (Å²) in [5, 5.41) is 49.8. The third-order valence-corrected chi connectivity index (χ3v) is 13.8. The van der Waals surface area contributed by atoms with E-state index in [0.717, 1.165) is 24.3 Å². The van der Waals surface area contributed by atoms with Gasteiger partial charge in [0.1, 0.15) is 17.4 Å². The van der Waals surface area contributed by atoms with Crippen molar-refractivity contribution in [1.82, 2.24) is 5.06 Å². The number of esters is 2. The molecule has 1 saturated heterocycles. The zero-order chi connectivity index (χ0) is 39.2. The summed E-state index contributed by atoms with van der Waals surface area (Å²) >= 11 is 0. The molecule has 1 unspecified atom stereocenters. The highest BCUT2D eigenvalue weighted by atomic mass is 16.6. The number of carbonyl (C=O) groups excluding carboxylic acids is 3. The lowest BCUT2D eigenvalue weighted by molar-refractivity contribution is -0.228. The van der Waals surface area contributed by atoms with Gasteiger partial charge in [-0.1, -0.05) is 84.8 Å². The molecule has 3 fully saturated rings. The van der Waals surface area contributed by atoms with Gasteiger partial charge in [-0.05, 0) is 64.0 Å². The second-order valence-corrected chi connectivity index (χ2v) is 18.2. The zero-order valence-corrected chi connectivity index (χ0v) is 33.5. The molecule has 1 aliphatic heterocycles. The Hall–Kier alpha value is -2.15. The van der Waals surface area contributed by atoms with E-state index in [0.29, 0.717) is 49.9 Å². The molecule has 4 aliphatic carbocycles. The SMILES string of the molecule is CCCCCCCCCC1(CCCCCC(=O)O[C@@H]2[C@@H](C)[C@@]3(O)[C@@H](C=C(CO)C[C@]4(O)C(=O)C(C)=C[C@@H]34)[C@@H]3C(C)(C)[C@]23OC(C)=O)OCC(C)(C)N1[O-]. The molecule has 3 N–H and O–H groups in total. The lowest BCUT2D eigenvalue weighted by Gasteiger charge is -2.53. The zero-order valence-electron chi connectivity index (χ0n) is 33.5. The summed E-state index contributed by atoms with van der Waals surface area (Å²) in [6.45, 7) is 14.5. The largest absolute Gasteiger partial charge is 0.783 e. The predicted molar refractivity (Wildman–Crippen MR) is 200 cm³/mol. The second kappa shape index (κ2) is 15.4. The van der Waals surface area contributed by atoms with Gasteiger partial charge in [0.25, 0.3) is 0 Å². The van der Waals surface area contributed by atoms with E-state index in [4.69, 9.17) is 14.2 Å². The van der Waals surface area contributed by atoms with Crippen molar-refractivity contribution in [2.45, 2.75) is 179 Å². The van der Waals surface area contributed by atoms with Crippen LogP contribution in [0.3, 0.4) is 0 Å². The molecule has 0 aromatic rings. The van der Waals surface area contributed by atoms with Gasteiger partial charge in [0.15, 0.2) is 11.4 Å². The average Bonchev–Trinajstić information content (AvgIpc) is 3.39. The molecule has 2 saturated carbocycles. The average molecular weight is 745 g/mol. The van der Waals surface area contributed by atoms with E-state index in [1.165, 1.54) is 32.6 Å². The monoisotopic (exact) mass is 744 g/mol. The van der Waals surface area contributed by atoms with E-state index in [9.17, 15) is 34.9 Å². The summed E-state index contributed by atoms with van der Waals surface area (Å²) in [4.78, 5) is 39.8. The minimum Gasteiger partial charge on any atom is -0.783 e. The van der Waals surface area contributed by atoms with Crippen LogP contribution in [-0.4, -0.2) is 85.5 Å². The van der Waals surface area contributed by atoms with E-state index in [-0.39, 0.29) is 12.8 Å². The number of unbranched alkanes of at least 4 members (excludes halogenated alkanes) is 8. The fourth-order valence-electron chi connectivity index (χ4n) is 10.9. The maximum atomic E-state index is 13.7. The topological polar surface area (TPSA) is 166 Å². The Morgan fingerprint density at radius 3 is 2.15 bits per heavy atom. The Morgan fingerprint density at radius 2 is 1.58 bits per heavy atom. The predicted octanol–water partition coefficient (Wildman–Crippen LogP) is 6.45. The number of ketones is 1. The van der Waals surface area contributed by atoms with Gasteiger partial charge in [-0.15, -0.1) is 0 Å². The van der Waals surface area contributed by atoms with Gasteiger partial charge in [-0.3, -0.25) is 14.4 Å². The Balaban J connectivity index is 1.28. The summed E-state index contributed by atoms with van der Waals surface area (Å²) in [6.07, 6.45) is 13.5. The van der Waals surface area contributed by atoms with E-state index in [1.54, 1.807) is 26.0 Å². The lowest BCUT2D eigenvalue weighted by atomic mass is 9.59. The summed E-state index contributed by atoms with van der Waals surface area (Å²) < 4.78 is 18.6. The van der Waals surface area contributed by atoms with Gasteiger partial charge >= 0.3 is 11.9 Å². The number of nitrogens with zero attached hydrogens (tertiary/aromatic N) is 1. The molecular formula is C42H66NO10-. The van der Waals surface area contributed by atoms with E-state index < -0.39 is 87.6 Å². The van der Waals surface area contributed by atoms with Gasteiger partial charge < -0.3 is 39.8 Å². The van der Waals surface area contributed by atoms with Gasteiger partial charge in [0.05, 0.1) is 18.8 Å². The standard InChI is InChI=1S/C42H66NO10/c1-9-10-11-12-13-14-17-20-39(43(50)37(5,6)26-51-39)21-18-15-16-19-33(46)52-36-28(3)41(49)31(34-38(7,8)42(34,36)53-29(4)45)23-30(25-44)24-40(48)32(41)22-27(2)35(40)47/h22-23,28,31-32,34,36,44,48-49H,9-21,24-26H2,1-8H3/q-1/t28-,31+,32-,34-,36-,39?,40-,41-,42-/m1/s1. The summed E-state index contributed by atoms with van der Waals surface area (Å²) in [6, 6.07) is 0. The van der Waals surface area contributed by atoms with E-state index in [1.807, 2.05) is 27.7 Å². The van der Waals surface area contributed by atoms with Gasteiger partial charge in [0.2, 0.25) is 0 Å². The Kier molecular flexibility index (Phi) is 12.2. The third-order valence-electron chi connectivity index (χ3n) is 13.8. The van der Waals surface area contributed by atoms with Crippen molar-refractivity contribution in [1.29, 1.82) is 0 Å². The number of hydroxylamine groups is 2. The number of aliphatic hydroxyl groups excluding tert-OH is 1. The first-order valence-electron chi connectivity index (χ1n) is 20.3. The maximum Gasteiger partial charge on any atom is 0.306 e. The Labute approximate surface area is 316 Å². The minimum atomic E-state index is -1.98. The van der Waals surface area contributed by atoms with Crippen LogP contribution >= 0.6 is 0 Å². The van der Waals surface area contributed by atoms with Crippen molar-refractivity contribution in [2.75, 3.05) is 13.2 Å². The van der Waals surface area contributed by atoms with Crippen molar-refractivity contribution in [3.8, 4) is 0 Å². The van der Waals surface area contributed by atoms with Gasteiger partial charge in [-0.25, -0.2) is 0 Å². The van der Waals surface area contributed by atoms with Crippen LogP contribution in [0.4, 0.5) is 0 Å². The highest BCUT2D eigenvalue weighted by Crippen LogP contribution is 2.77. The van der Waals surface area contributed by atoms with Crippen molar-refractivity contribution in [2.24, 2.45) is 29.1 Å². The molecule has 0 radical (unpaired) electrons. The number of fused-ring (bicyclic) bond motifs is 5. The Bertz CT molecular complexity index is 1450. The fraction of sp³-hybridized carbons (Fsp3) is 0.833. The van der Waals surface area contributed by atoms with Crippen LogP contribution in [0.15, 0.2) is 23.3 Å². The quantitative estimate of drug-likeness (QED) is 0.0852. The van der Waals surface area contributed by atoms with Crippen LogP contribution in [-0.2, 0) is 28.6 Å². The van der Waals surface area contributed by atoms with Crippen molar-refractivity contribution < 1.29 is 43.9 Å². The van der Waals surface area contributed by atoms with Gasteiger partial charge in [-0.2, -0.15) is 0 Å². The summed E-state index contributed by atoms with van der Waals surface area (Å²) in [7, 11) is 0. The van der Waals surface area contributed by atoms with Crippen LogP contribution in [0.1, 0.15) is 145 Å². The highest BCUT2D eigenvalue weighted by Gasteiger charge is 2.87. The van der Waals surface area contributed by atoms with Crippen molar-refractivity contribution in [3.05, 3.63) is 28.5 Å². The number of hydrogen-bond donors (Lipinski definition) is 3. The van der Waals surface area contributed by atoms with Crippen LogP contribution in [0.5, 0.6) is 0 Å². The first-order valence-corrected chi connectivity index (χ1v) is 20.3. The molecule has 11 nitrogen and oxygen atoms in total. The molecule has 5 aliphatic rings.